The van der Waals surface area contributed by atoms with E-state index in [1.165, 1.54) is 24.3 Å². The summed E-state index contributed by atoms with van der Waals surface area (Å²) in [4.78, 5) is 18.5. The maximum Gasteiger partial charge on any atom is 0.416 e. The van der Waals surface area contributed by atoms with Gasteiger partial charge in [0.2, 0.25) is 0 Å². The predicted octanol–water partition coefficient (Wildman–Crippen LogP) is 6.52. The number of halogens is 2. The number of rotatable bonds is 7. The van der Waals surface area contributed by atoms with Crippen LogP contribution in [0, 0.1) is 5.82 Å². The fourth-order valence-corrected chi connectivity index (χ4v) is 4.78. The Morgan fingerprint density at radius 1 is 1.06 bits per heavy atom. The normalized spacial score (nSPS) is 15.1. The largest absolute Gasteiger partial charge is 0.494 e. The van der Waals surface area contributed by atoms with Gasteiger partial charge in [0.05, 0.1) is 6.61 Å². The molecule has 2 heterocycles. The lowest BCUT2D eigenvalue weighted by molar-refractivity contribution is 0.135. The number of nitrogens with zero attached hydrogens (tertiary/aromatic N) is 1. The van der Waals surface area contributed by atoms with Crippen LogP contribution in [-0.4, -0.2) is 42.8 Å². The molecule has 1 aliphatic rings. The zero-order valence-electron chi connectivity index (χ0n) is 19.8. The number of aromatic nitrogens is 1. The van der Waals surface area contributed by atoms with Gasteiger partial charge in [-0.25, -0.2) is 9.18 Å². The van der Waals surface area contributed by atoms with Crippen molar-refractivity contribution >= 4 is 28.6 Å². The summed E-state index contributed by atoms with van der Waals surface area (Å²) in [6.07, 6.45) is 0.935. The van der Waals surface area contributed by atoms with E-state index < -0.39 is 18.0 Å². The lowest BCUT2D eigenvalue weighted by Gasteiger charge is -2.35. The molecule has 5 rings (SSSR count). The van der Waals surface area contributed by atoms with E-state index >= 15 is 0 Å². The zero-order valence-corrected chi connectivity index (χ0v) is 20.6. The quantitative estimate of drug-likeness (QED) is 0.288. The fourth-order valence-electron chi connectivity index (χ4n) is 4.61. The molecule has 6 nitrogen and oxygen atoms in total. The third kappa shape index (κ3) is 5.03. The van der Waals surface area contributed by atoms with Crippen molar-refractivity contribution in [3.8, 4) is 11.5 Å². The van der Waals surface area contributed by atoms with Gasteiger partial charge in [0.1, 0.15) is 23.4 Å². The van der Waals surface area contributed by atoms with Gasteiger partial charge in [-0.2, -0.15) is 0 Å². The summed E-state index contributed by atoms with van der Waals surface area (Å²) in [6, 6.07) is 18.5. The van der Waals surface area contributed by atoms with E-state index in [1.54, 1.807) is 12.0 Å². The van der Waals surface area contributed by atoms with Crippen LogP contribution < -0.4 is 9.47 Å². The van der Waals surface area contributed by atoms with E-state index in [-0.39, 0.29) is 5.75 Å². The molecule has 4 aromatic rings. The van der Waals surface area contributed by atoms with Crippen molar-refractivity contribution in [1.82, 2.24) is 9.88 Å². The van der Waals surface area contributed by atoms with Gasteiger partial charge in [-0.15, -0.1) is 0 Å². The first kappa shape index (κ1) is 24.2. The second kappa shape index (κ2) is 10.6. The maximum absolute atomic E-state index is 13.3. The number of methoxy groups -OCH3 is 1. The zero-order chi connectivity index (χ0) is 25.1. The van der Waals surface area contributed by atoms with E-state index in [9.17, 15) is 9.18 Å². The minimum Gasteiger partial charge on any atom is -0.494 e. The van der Waals surface area contributed by atoms with Gasteiger partial charge in [0.15, 0.2) is 0 Å². The monoisotopic (exact) mass is 508 g/mol. The Balaban J connectivity index is 1.47. The van der Waals surface area contributed by atoms with Gasteiger partial charge < -0.3 is 19.2 Å². The summed E-state index contributed by atoms with van der Waals surface area (Å²) in [5.74, 6) is 0.639. The average molecular weight is 509 g/mol. The van der Waals surface area contributed by atoms with Crippen LogP contribution in [0.4, 0.5) is 9.18 Å². The number of aromatic amines is 1. The number of hydrogen-bond donors (Lipinski definition) is 1. The van der Waals surface area contributed by atoms with Crippen LogP contribution in [0.15, 0.2) is 66.7 Å². The molecule has 8 heteroatoms. The van der Waals surface area contributed by atoms with Gasteiger partial charge in [-0.1, -0.05) is 23.7 Å². The molecule has 0 fully saturated rings. The van der Waals surface area contributed by atoms with Crippen molar-refractivity contribution in [2.45, 2.75) is 18.9 Å². The highest BCUT2D eigenvalue weighted by Gasteiger charge is 2.35. The van der Waals surface area contributed by atoms with E-state index in [0.29, 0.717) is 31.2 Å². The average Bonchev–Trinajstić information content (AvgIpc) is 3.25. The summed E-state index contributed by atoms with van der Waals surface area (Å²) in [5.41, 5.74) is 3.92. The molecule has 1 amide bonds. The standard InChI is InChI=1S/C28H26ClFN2O4/c1-34-15-2-16-35-21-8-3-18(4-9-21)27-26-23(24-17-19(29)5-12-25(24)31-26)13-14-32(27)28(33)36-22-10-6-20(30)7-11-22/h3-12,17,27,31H,2,13-16H2,1H3. The molecule has 0 saturated carbocycles. The first-order valence-electron chi connectivity index (χ1n) is 11.8. The number of amides is 1. The minimum absolute atomic E-state index is 0.286. The van der Waals surface area contributed by atoms with Gasteiger partial charge in [0, 0.05) is 48.3 Å². The number of benzene rings is 3. The van der Waals surface area contributed by atoms with Crippen molar-refractivity contribution in [3.05, 3.63) is 94.4 Å². The number of fused-ring (bicyclic) bond motifs is 3. The smallest absolute Gasteiger partial charge is 0.416 e. The Hall–Kier alpha value is -3.55. The van der Waals surface area contributed by atoms with Gasteiger partial charge >= 0.3 is 6.09 Å². The van der Waals surface area contributed by atoms with Crippen molar-refractivity contribution in [2.75, 3.05) is 26.9 Å². The molecule has 1 N–H and O–H groups in total. The molecule has 0 radical (unpaired) electrons. The predicted molar refractivity (Wildman–Crippen MR) is 136 cm³/mol. The Bertz CT molecular complexity index is 1350. The Kier molecular flexibility index (Phi) is 7.11. The number of carbonyl (C=O) groups is 1. The highest BCUT2D eigenvalue weighted by atomic mass is 35.5. The van der Waals surface area contributed by atoms with Crippen LogP contribution in [0.3, 0.4) is 0 Å². The number of hydrogen-bond acceptors (Lipinski definition) is 4. The number of ether oxygens (including phenoxy) is 3. The van der Waals surface area contributed by atoms with E-state index in [1.807, 2.05) is 42.5 Å². The first-order valence-corrected chi connectivity index (χ1v) is 12.2. The molecule has 36 heavy (non-hydrogen) atoms. The summed E-state index contributed by atoms with van der Waals surface area (Å²) in [6.45, 7) is 1.64. The van der Waals surface area contributed by atoms with Crippen molar-refractivity contribution in [2.24, 2.45) is 0 Å². The van der Waals surface area contributed by atoms with Gasteiger partial charge in [0.25, 0.3) is 0 Å². The van der Waals surface area contributed by atoms with Crippen LogP contribution >= 0.6 is 11.6 Å². The van der Waals surface area contributed by atoms with Crippen molar-refractivity contribution < 1.29 is 23.4 Å². The molecule has 0 aliphatic carbocycles. The molecule has 0 bridgehead atoms. The van der Waals surface area contributed by atoms with E-state index in [2.05, 4.69) is 4.98 Å². The molecule has 3 aromatic carbocycles. The highest BCUT2D eigenvalue weighted by Crippen LogP contribution is 2.40. The molecular formula is C28H26ClFN2O4. The number of nitrogens with one attached hydrogen (secondary N) is 1. The van der Waals surface area contributed by atoms with Crippen LogP contribution in [0.1, 0.15) is 29.3 Å². The number of carbonyl (C=O) groups excluding carboxylic acids is 1. The van der Waals surface area contributed by atoms with Crippen LogP contribution in [0.5, 0.6) is 11.5 Å². The second-order valence-electron chi connectivity index (χ2n) is 8.64. The van der Waals surface area contributed by atoms with Crippen molar-refractivity contribution in [3.63, 3.8) is 0 Å². The van der Waals surface area contributed by atoms with E-state index in [4.69, 9.17) is 25.8 Å². The first-order chi connectivity index (χ1) is 17.5. The SMILES string of the molecule is COCCCOc1ccc(C2c3[nH]c4ccc(Cl)cc4c3CCN2C(=O)Oc2ccc(F)cc2)cc1. The highest BCUT2D eigenvalue weighted by molar-refractivity contribution is 6.31. The van der Waals surface area contributed by atoms with Gasteiger partial charge in [-0.3, -0.25) is 4.90 Å². The van der Waals surface area contributed by atoms with Crippen LogP contribution in [0.25, 0.3) is 10.9 Å². The minimum atomic E-state index is -0.506. The maximum atomic E-state index is 13.3. The topological polar surface area (TPSA) is 63.8 Å². The van der Waals surface area contributed by atoms with Crippen LogP contribution in [0.2, 0.25) is 5.02 Å². The molecule has 1 aromatic heterocycles. The van der Waals surface area contributed by atoms with E-state index in [0.717, 1.165) is 39.9 Å². The Morgan fingerprint density at radius 2 is 1.81 bits per heavy atom. The molecule has 186 valence electrons. The second-order valence-corrected chi connectivity index (χ2v) is 9.08. The molecule has 0 saturated heterocycles. The van der Waals surface area contributed by atoms with Gasteiger partial charge in [-0.05, 0) is 72.1 Å². The molecule has 1 unspecified atom stereocenters. The Morgan fingerprint density at radius 3 is 2.56 bits per heavy atom. The number of H-pyrrole nitrogens is 1. The molecule has 0 spiro atoms. The summed E-state index contributed by atoms with van der Waals surface area (Å²) >= 11 is 6.28. The third-order valence-electron chi connectivity index (χ3n) is 6.30. The summed E-state index contributed by atoms with van der Waals surface area (Å²) in [5, 5.41) is 1.71. The fraction of sp³-hybridized carbons (Fsp3) is 0.250. The Labute approximate surface area is 213 Å². The summed E-state index contributed by atoms with van der Waals surface area (Å²) in [7, 11) is 1.66. The van der Waals surface area contributed by atoms with Crippen LogP contribution in [-0.2, 0) is 11.2 Å². The summed E-state index contributed by atoms with van der Waals surface area (Å²) < 4.78 is 29.8. The van der Waals surface area contributed by atoms with Crippen molar-refractivity contribution in [1.29, 1.82) is 0 Å². The molecular weight excluding hydrogens is 483 g/mol. The lowest BCUT2D eigenvalue weighted by Crippen LogP contribution is -2.42. The third-order valence-corrected chi connectivity index (χ3v) is 6.53. The molecule has 1 aliphatic heterocycles. The lowest BCUT2D eigenvalue weighted by atomic mass is 9.92. The molecule has 1 atom stereocenters.